The Morgan fingerprint density at radius 3 is 2.39 bits per heavy atom. The van der Waals surface area contributed by atoms with Gasteiger partial charge in [0.05, 0.1) is 7.11 Å². The first-order valence-corrected chi connectivity index (χ1v) is 5.65. The molecule has 0 N–H and O–H groups in total. The average molecular weight is 252 g/mol. The summed E-state index contributed by atoms with van der Waals surface area (Å²) < 4.78 is 18.2. The summed E-state index contributed by atoms with van der Waals surface area (Å²) in [7, 11) is 1.44. The molecule has 0 heterocycles. The van der Waals surface area contributed by atoms with Crippen molar-refractivity contribution in [3.05, 3.63) is 29.6 Å². The monoisotopic (exact) mass is 252 g/mol. The molecule has 0 amide bonds. The Bertz CT molecular complexity index is 472. The summed E-state index contributed by atoms with van der Waals surface area (Å²) >= 11 is 0. The molecule has 0 fully saturated rings. The van der Waals surface area contributed by atoms with E-state index in [0.29, 0.717) is 11.3 Å². The first-order chi connectivity index (χ1) is 8.25. The number of ketones is 2. The Balaban J connectivity index is 2.95. The molecule has 1 aromatic rings. The maximum atomic E-state index is 13.1. The van der Waals surface area contributed by atoms with Crippen LogP contribution in [0.25, 0.3) is 0 Å². The fraction of sp³-hybridized carbons (Fsp3) is 0.429. The van der Waals surface area contributed by atoms with Crippen LogP contribution in [0.3, 0.4) is 0 Å². The highest BCUT2D eigenvalue weighted by atomic mass is 19.1. The van der Waals surface area contributed by atoms with Gasteiger partial charge in [-0.25, -0.2) is 4.39 Å². The number of Topliss-reactive ketones (excluding diaryl/α,β-unsaturated/α-hetero) is 2. The van der Waals surface area contributed by atoms with Gasteiger partial charge in [0.1, 0.15) is 11.6 Å². The smallest absolute Gasteiger partial charge is 0.204 e. The van der Waals surface area contributed by atoms with E-state index in [-0.39, 0.29) is 6.42 Å². The molecule has 0 aliphatic carbocycles. The van der Waals surface area contributed by atoms with E-state index in [9.17, 15) is 14.0 Å². The van der Waals surface area contributed by atoms with Crippen molar-refractivity contribution in [3.8, 4) is 5.75 Å². The van der Waals surface area contributed by atoms with Crippen LogP contribution in [0.5, 0.6) is 5.75 Å². The lowest BCUT2D eigenvalue weighted by atomic mass is 9.86. The van der Waals surface area contributed by atoms with Crippen LogP contribution in [0.2, 0.25) is 0 Å². The van der Waals surface area contributed by atoms with Gasteiger partial charge in [0.2, 0.25) is 11.6 Å². The van der Waals surface area contributed by atoms with Crippen LogP contribution in [-0.4, -0.2) is 18.7 Å². The zero-order chi connectivity index (χ0) is 13.9. The number of methoxy groups -OCH3 is 1. The summed E-state index contributed by atoms with van der Waals surface area (Å²) in [6.45, 7) is 5.03. The maximum absolute atomic E-state index is 13.1. The van der Waals surface area contributed by atoms with Crippen molar-refractivity contribution in [3.63, 3.8) is 0 Å². The van der Waals surface area contributed by atoms with Gasteiger partial charge in [-0.1, -0.05) is 20.8 Å². The summed E-state index contributed by atoms with van der Waals surface area (Å²) in [5, 5.41) is 0. The lowest BCUT2D eigenvalue weighted by Gasteiger charge is -2.15. The van der Waals surface area contributed by atoms with E-state index in [0.717, 1.165) is 0 Å². The van der Waals surface area contributed by atoms with E-state index in [1.807, 2.05) is 0 Å². The van der Waals surface area contributed by atoms with Gasteiger partial charge in [-0.05, 0) is 18.2 Å². The highest BCUT2D eigenvalue weighted by molar-refractivity contribution is 6.39. The Hall–Kier alpha value is -1.71. The highest BCUT2D eigenvalue weighted by Gasteiger charge is 2.28. The first-order valence-electron chi connectivity index (χ1n) is 5.65. The van der Waals surface area contributed by atoms with Gasteiger partial charge in [-0.3, -0.25) is 9.59 Å². The molecule has 1 rings (SSSR count). The van der Waals surface area contributed by atoms with Crippen molar-refractivity contribution in [2.45, 2.75) is 27.2 Å². The minimum Gasteiger partial charge on any atom is -0.496 e. The topological polar surface area (TPSA) is 43.4 Å². The van der Waals surface area contributed by atoms with Crippen LogP contribution in [0.4, 0.5) is 4.39 Å². The number of ether oxygens (including phenoxy) is 1. The zero-order valence-electron chi connectivity index (χ0n) is 11.0. The molecule has 0 radical (unpaired) electrons. The average Bonchev–Trinajstić information content (AvgIpc) is 2.27. The van der Waals surface area contributed by atoms with E-state index in [2.05, 4.69) is 0 Å². The summed E-state index contributed by atoms with van der Waals surface area (Å²) in [5.41, 5.74) is -0.336. The van der Waals surface area contributed by atoms with Crippen molar-refractivity contribution in [1.29, 1.82) is 0 Å². The first kappa shape index (κ1) is 14.4. The standard InChI is InChI=1S/C14H17FO3/c1-14(2,3)13(17)11(16)8-9-7-10(15)5-6-12(9)18-4/h5-7H,8H2,1-4H3. The molecule has 0 aliphatic heterocycles. The number of hydrogen-bond donors (Lipinski definition) is 0. The number of rotatable bonds is 4. The van der Waals surface area contributed by atoms with Gasteiger partial charge in [-0.15, -0.1) is 0 Å². The maximum Gasteiger partial charge on any atom is 0.204 e. The zero-order valence-corrected chi connectivity index (χ0v) is 11.0. The molecule has 0 saturated carbocycles. The molecule has 0 aromatic heterocycles. The molecule has 0 spiro atoms. The van der Waals surface area contributed by atoms with Crippen molar-refractivity contribution >= 4 is 11.6 Å². The van der Waals surface area contributed by atoms with Crippen molar-refractivity contribution in [2.75, 3.05) is 7.11 Å². The number of carbonyl (C=O) groups excluding carboxylic acids is 2. The van der Waals surface area contributed by atoms with Gasteiger partial charge in [-0.2, -0.15) is 0 Å². The van der Waals surface area contributed by atoms with E-state index >= 15 is 0 Å². The van der Waals surface area contributed by atoms with Crippen LogP contribution in [0.15, 0.2) is 18.2 Å². The molecule has 0 atom stereocenters. The van der Waals surface area contributed by atoms with Gasteiger partial charge in [0.15, 0.2) is 0 Å². The van der Waals surface area contributed by atoms with Crippen LogP contribution < -0.4 is 4.74 Å². The molecule has 3 nitrogen and oxygen atoms in total. The third kappa shape index (κ3) is 3.39. The Labute approximate surface area is 106 Å². The van der Waals surface area contributed by atoms with Crippen LogP contribution in [0, 0.1) is 11.2 Å². The van der Waals surface area contributed by atoms with Crippen molar-refractivity contribution in [2.24, 2.45) is 5.41 Å². The summed E-state index contributed by atoms with van der Waals surface area (Å²) in [4.78, 5) is 23.6. The fourth-order valence-electron chi connectivity index (χ4n) is 1.56. The van der Waals surface area contributed by atoms with Crippen molar-refractivity contribution in [1.82, 2.24) is 0 Å². The van der Waals surface area contributed by atoms with Crippen LogP contribution >= 0.6 is 0 Å². The molecule has 0 unspecified atom stereocenters. The van der Waals surface area contributed by atoms with Gasteiger partial charge in [0.25, 0.3) is 0 Å². The minimum atomic E-state index is -0.725. The second-order valence-corrected chi connectivity index (χ2v) is 5.14. The third-order valence-electron chi connectivity index (χ3n) is 2.53. The fourth-order valence-corrected chi connectivity index (χ4v) is 1.56. The molecule has 0 saturated heterocycles. The number of halogens is 1. The molecule has 1 aromatic carbocycles. The van der Waals surface area contributed by atoms with Crippen LogP contribution in [-0.2, 0) is 16.0 Å². The lowest BCUT2D eigenvalue weighted by Crippen LogP contribution is -2.29. The molecular formula is C14H17FO3. The quantitative estimate of drug-likeness (QED) is 0.773. The van der Waals surface area contributed by atoms with Crippen molar-refractivity contribution < 1.29 is 18.7 Å². The van der Waals surface area contributed by atoms with E-state index < -0.39 is 22.8 Å². The predicted octanol–water partition coefficient (Wildman–Crippen LogP) is 2.56. The molecule has 0 aliphatic rings. The van der Waals surface area contributed by atoms with E-state index in [4.69, 9.17) is 4.74 Å². The Morgan fingerprint density at radius 2 is 1.89 bits per heavy atom. The summed E-state index contributed by atoms with van der Waals surface area (Å²) in [6, 6.07) is 3.91. The Morgan fingerprint density at radius 1 is 1.28 bits per heavy atom. The lowest BCUT2D eigenvalue weighted by molar-refractivity contribution is -0.140. The Kier molecular flexibility index (Phi) is 4.22. The summed E-state index contributed by atoms with van der Waals surface area (Å²) in [5.74, 6) is -1.05. The molecular weight excluding hydrogens is 235 g/mol. The SMILES string of the molecule is COc1ccc(F)cc1CC(=O)C(=O)C(C)(C)C. The van der Waals surface area contributed by atoms with Crippen LogP contribution in [0.1, 0.15) is 26.3 Å². The second-order valence-electron chi connectivity index (χ2n) is 5.14. The molecule has 18 heavy (non-hydrogen) atoms. The summed E-state index contributed by atoms with van der Waals surface area (Å²) in [6.07, 6.45) is -0.142. The van der Waals surface area contributed by atoms with Gasteiger partial charge >= 0.3 is 0 Å². The normalized spacial score (nSPS) is 11.2. The van der Waals surface area contributed by atoms with Gasteiger partial charge < -0.3 is 4.74 Å². The number of benzene rings is 1. The molecule has 0 bridgehead atoms. The highest BCUT2D eigenvalue weighted by Crippen LogP contribution is 2.22. The predicted molar refractivity (Wildman–Crippen MR) is 66.1 cm³/mol. The van der Waals surface area contributed by atoms with E-state index in [1.165, 1.54) is 25.3 Å². The molecule has 98 valence electrons. The largest absolute Gasteiger partial charge is 0.496 e. The van der Waals surface area contributed by atoms with Gasteiger partial charge in [0, 0.05) is 17.4 Å². The number of hydrogen-bond acceptors (Lipinski definition) is 3. The van der Waals surface area contributed by atoms with E-state index in [1.54, 1.807) is 20.8 Å². The number of carbonyl (C=O) groups is 2. The second kappa shape index (κ2) is 5.29. The third-order valence-corrected chi connectivity index (χ3v) is 2.53. The minimum absolute atomic E-state index is 0.142. The molecule has 4 heteroatoms.